The third-order valence-corrected chi connectivity index (χ3v) is 1.93. The summed E-state index contributed by atoms with van der Waals surface area (Å²) in [5, 5.41) is 19.3. The number of hydrazine groups is 1. The van der Waals surface area contributed by atoms with Crippen LogP contribution in [0.1, 0.15) is 12.5 Å². The second kappa shape index (κ2) is 3.74. The van der Waals surface area contributed by atoms with Crippen LogP contribution in [0.15, 0.2) is 24.3 Å². The van der Waals surface area contributed by atoms with Gasteiger partial charge in [-0.25, -0.2) is 0 Å². The van der Waals surface area contributed by atoms with E-state index in [-0.39, 0.29) is 12.3 Å². The molecule has 0 amide bonds. The van der Waals surface area contributed by atoms with Crippen molar-refractivity contribution in [3.05, 3.63) is 29.8 Å². The first-order valence-electron chi connectivity index (χ1n) is 4.02. The van der Waals surface area contributed by atoms with Crippen molar-refractivity contribution >= 4 is 0 Å². The monoisotopic (exact) mass is 182 g/mol. The molecule has 0 saturated heterocycles. The van der Waals surface area contributed by atoms with Gasteiger partial charge >= 0.3 is 0 Å². The Bertz CT molecular complexity index is 287. The smallest absolute Gasteiger partial charge is 0.121 e. The number of aliphatic hydroxyl groups is 1. The fourth-order valence-electron chi connectivity index (χ4n) is 1.22. The zero-order valence-electron chi connectivity index (χ0n) is 7.49. The Morgan fingerprint density at radius 1 is 1.46 bits per heavy atom. The highest BCUT2D eigenvalue weighted by molar-refractivity contribution is 5.36. The first-order chi connectivity index (χ1) is 6.08. The largest absolute Gasteiger partial charge is 0.508 e. The van der Waals surface area contributed by atoms with E-state index >= 15 is 0 Å². The third-order valence-electron chi connectivity index (χ3n) is 1.93. The Kier molecular flexibility index (Phi) is 2.87. The van der Waals surface area contributed by atoms with Crippen molar-refractivity contribution in [3.63, 3.8) is 0 Å². The van der Waals surface area contributed by atoms with E-state index in [0.29, 0.717) is 5.56 Å². The molecule has 0 bridgehead atoms. The van der Waals surface area contributed by atoms with Gasteiger partial charge in [0.05, 0.1) is 0 Å². The van der Waals surface area contributed by atoms with Gasteiger partial charge in [0, 0.05) is 12.1 Å². The van der Waals surface area contributed by atoms with Crippen molar-refractivity contribution < 1.29 is 10.2 Å². The predicted octanol–water partition coefficient (Wildman–Crippen LogP) is 0.0630. The average Bonchev–Trinajstić information content (AvgIpc) is 2.04. The molecule has 0 aliphatic rings. The van der Waals surface area contributed by atoms with Crippen LogP contribution in [0.2, 0.25) is 0 Å². The number of rotatable bonds is 3. The first-order valence-corrected chi connectivity index (χ1v) is 4.02. The summed E-state index contributed by atoms with van der Waals surface area (Å²) in [6.45, 7) is 1.77. The number of para-hydroxylation sites is 1. The zero-order valence-corrected chi connectivity index (χ0v) is 7.49. The highest BCUT2D eigenvalue weighted by Gasteiger charge is 2.24. The Hall–Kier alpha value is -1.10. The molecule has 0 spiro atoms. The van der Waals surface area contributed by atoms with Crippen LogP contribution in [0.4, 0.5) is 0 Å². The quantitative estimate of drug-likeness (QED) is 0.394. The third kappa shape index (κ3) is 2.18. The van der Waals surface area contributed by atoms with E-state index in [1.807, 2.05) is 0 Å². The van der Waals surface area contributed by atoms with Crippen molar-refractivity contribution in [2.75, 3.05) is 6.54 Å². The molecule has 13 heavy (non-hydrogen) atoms. The van der Waals surface area contributed by atoms with E-state index in [1.165, 1.54) is 6.07 Å². The van der Waals surface area contributed by atoms with Crippen LogP contribution in [0.3, 0.4) is 0 Å². The van der Waals surface area contributed by atoms with Crippen molar-refractivity contribution in [1.82, 2.24) is 5.43 Å². The molecule has 0 saturated carbocycles. The Morgan fingerprint density at radius 2 is 2.08 bits per heavy atom. The fraction of sp³-hybridized carbons (Fsp3) is 0.333. The standard InChI is InChI=1S/C9H14N2O2/c1-9(13,6-11-10)7-4-2-3-5-8(7)12/h2-5,11-13H,6,10H2,1H3. The number of hydrogen-bond acceptors (Lipinski definition) is 4. The van der Waals surface area contributed by atoms with Gasteiger partial charge in [0.2, 0.25) is 0 Å². The second-order valence-electron chi connectivity index (χ2n) is 3.17. The summed E-state index contributed by atoms with van der Waals surface area (Å²) >= 11 is 0. The summed E-state index contributed by atoms with van der Waals surface area (Å²) in [5.74, 6) is 5.18. The molecule has 0 aliphatic heterocycles. The molecule has 0 aromatic heterocycles. The Morgan fingerprint density at radius 3 is 2.62 bits per heavy atom. The van der Waals surface area contributed by atoms with Crippen LogP contribution in [0.25, 0.3) is 0 Å². The zero-order chi connectivity index (χ0) is 9.90. The molecular formula is C9H14N2O2. The minimum absolute atomic E-state index is 0.0720. The molecule has 1 rings (SSSR count). The summed E-state index contributed by atoms with van der Waals surface area (Å²) in [4.78, 5) is 0. The van der Waals surface area contributed by atoms with Gasteiger partial charge in [-0.3, -0.25) is 11.3 Å². The van der Waals surface area contributed by atoms with Gasteiger partial charge in [0.15, 0.2) is 0 Å². The summed E-state index contributed by atoms with van der Waals surface area (Å²) in [5.41, 5.74) is 1.69. The highest BCUT2D eigenvalue weighted by atomic mass is 16.3. The average molecular weight is 182 g/mol. The Balaban J connectivity index is 2.99. The first kappa shape index (κ1) is 9.98. The molecule has 4 nitrogen and oxygen atoms in total. The topological polar surface area (TPSA) is 78.5 Å². The molecule has 72 valence electrons. The molecule has 0 aliphatic carbocycles. The van der Waals surface area contributed by atoms with Crippen LogP contribution >= 0.6 is 0 Å². The molecular weight excluding hydrogens is 168 g/mol. The van der Waals surface area contributed by atoms with Gasteiger partial charge in [-0.2, -0.15) is 0 Å². The number of hydrogen-bond donors (Lipinski definition) is 4. The number of nitrogens with two attached hydrogens (primary N) is 1. The predicted molar refractivity (Wildman–Crippen MR) is 49.9 cm³/mol. The van der Waals surface area contributed by atoms with Crippen molar-refractivity contribution in [2.45, 2.75) is 12.5 Å². The lowest BCUT2D eigenvalue weighted by Crippen LogP contribution is -2.38. The van der Waals surface area contributed by atoms with Crippen LogP contribution < -0.4 is 11.3 Å². The van der Waals surface area contributed by atoms with Crippen LogP contribution in [-0.2, 0) is 5.60 Å². The maximum atomic E-state index is 9.86. The van der Waals surface area contributed by atoms with E-state index in [4.69, 9.17) is 5.84 Å². The number of nitrogens with one attached hydrogen (secondary N) is 1. The van der Waals surface area contributed by atoms with Crippen LogP contribution in [0, 0.1) is 0 Å². The van der Waals surface area contributed by atoms with Gasteiger partial charge < -0.3 is 10.2 Å². The van der Waals surface area contributed by atoms with E-state index in [2.05, 4.69) is 5.43 Å². The number of phenols is 1. The summed E-state index contributed by atoms with van der Waals surface area (Å²) in [6, 6.07) is 6.64. The number of phenolic OH excluding ortho intramolecular Hbond substituents is 1. The summed E-state index contributed by atoms with van der Waals surface area (Å²) in [6.07, 6.45) is 0. The second-order valence-corrected chi connectivity index (χ2v) is 3.17. The number of benzene rings is 1. The molecule has 0 radical (unpaired) electrons. The van der Waals surface area contributed by atoms with Crippen LogP contribution in [-0.4, -0.2) is 16.8 Å². The lowest BCUT2D eigenvalue weighted by Gasteiger charge is -2.23. The van der Waals surface area contributed by atoms with E-state index in [9.17, 15) is 10.2 Å². The molecule has 1 atom stereocenters. The van der Waals surface area contributed by atoms with Gasteiger partial charge in [-0.1, -0.05) is 18.2 Å². The maximum Gasteiger partial charge on any atom is 0.121 e. The highest BCUT2D eigenvalue weighted by Crippen LogP contribution is 2.27. The van der Waals surface area contributed by atoms with E-state index < -0.39 is 5.60 Å². The molecule has 0 fully saturated rings. The minimum atomic E-state index is -1.15. The minimum Gasteiger partial charge on any atom is -0.508 e. The molecule has 0 heterocycles. The fourth-order valence-corrected chi connectivity index (χ4v) is 1.22. The van der Waals surface area contributed by atoms with Crippen molar-refractivity contribution in [1.29, 1.82) is 0 Å². The van der Waals surface area contributed by atoms with Gasteiger partial charge in [0.25, 0.3) is 0 Å². The van der Waals surface area contributed by atoms with Gasteiger partial charge in [-0.15, -0.1) is 0 Å². The van der Waals surface area contributed by atoms with E-state index in [1.54, 1.807) is 25.1 Å². The SMILES string of the molecule is CC(O)(CNN)c1ccccc1O. The normalized spacial score (nSPS) is 15.3. The summed E-state index contributed by atoms with van der Waals surface area (Å²) < 4.78 is 0. The number of aromatic hydroxyl groups is 1. The van der Waals surface area contributed by atoms with Gasteiger partial charge in [0.1, 0.15) is 11.4 Å². The van der Waals surface area contributed by atoms with Crippen molar-refractivity contribution in [2.24, 2.45) is 5.84 Å². The molecule has 1 aromatic carbocycles. The van der Waals surface area contributed by atoms with E-state index in [0.717, 1.165) is 0 Å². The maximum absolute atomic E-state index is 9.86. The molecule has 1 aromatic rings. The molecule has 1 unspecified atom stereocenters. The van der Waals surface area contributed by atoms with Gasteiger partial charge in [-0.05, 0) is 13.0 Å². The summed E-state index contributed by atoms with van der Waals surface area (Å²) in [7, 11) is 0. The lowest BCUT2D eigenvalue weighted by atomic mass is 9.95. The van der Waals surface area contributed by atoms with Crippen molar-refractivity contribution in [3.8, 4) is 5.75 Å². The molecule has 5 N–H and O–H groups in total. The van der Waals surface area contributed by atoms with Crippen LogP contribution in [0.5, 0.6) is 5.75 Å². The molecule has 4 heteroatoms. The Labute approximate surface area is 77.0 Å². The lowest BCUT2D eigenvalue weighted by molar-refractivity contribution is 0.0548.